The molecule has 2 heterocycles. The van der Waals surface area contributed by atoms with Gasteiger partial charge in [0.2, 0.25) is 11.8 Å². The zero-order chi connectivity index (χ0) is 19.7. The number of H-pyrrole nitrogens is 1. The van der Waals surface area contributed by atoms with E-state index in [1.807, 2.05) is 62.5 Å². The van der Waals surface area contributed by atoms with Crippen LogP contribution in [-0.2, 0) is 16.0 Å². The van der Waals surface area contributed by atoms with E-state index in [1.54, 1.807) is 16.7 Å². The molecule has 144 valence electrons. The average molecular weight is 394 g/mol. The van der Waals surface area contributed by atoms with Crippen molar-refractivity contribution in [3.8, 4) is 0 Å². The Balaban J connectivity index is 1.49. The fourth-order valence-electron chi connectivity index (χ4n) is 3.71. The smallest absolute Gasteiger partial charge is 0.248 e. The maximum Gasteiger partial charge on any atom is 0.248 e. The normalized spacial score (nSPS) is 16.5. The molecule has 3 aromatic rings. The van der Waals surface area contributed by atoms with Gasteiger partial charge in [-0.05, 0) is 48.7 Å². The molecular formula is C22H23N3O2S. The SMILES string of the molecule is Cc1cccc(NC(=O)C2CSCN2C(=O)Cc2c[nH]c3cccc(C)c23)c1. The molecule has 0 saturated carbocycles. The Morgan fingerprint density at radius 2 is 2.04 bits per heavy atom. The van der Waals surface area contributed by atoms with Crippen molar-refractivity contribution in [3.05, 3.63) is 65.4 Å². The number of nitrogens with zero attached hydrogens (tertiary/aromatic N) is 1. The second-order valence-corrected chi connectivity index (χ2v) is 8.23. The van der Waals surface area contributed by atoms with Crippen LogP contribution in [0.25, 0.3) is 10.9 Å². The second-order valence-electron chi connectivity index (χ2n) is 7.23. The lowest BCUT2D eigenvalue weighted by molar-refractivity contribution is -0.135. The second kappa shape index (κ2) is 7.72. The van der Waals surface area contributed by atoms with E-state index in [-0.39, 0.29) is 11.8 Å². The Morgan fingerprint density at radius 1 is 1.21 bits per heavy atom. The number of benzene rings is 2. The van der Waals surface area contributed by atoms with Crippen LogP contribution in [0.1, 0.15) is 16.7 Å². The van der Waals surface area contributed by atoms with Crippen molar-refractivity contribution >= 4 is 40.2 Å². The molecule has 2 N–H and O–H groups in total. The van der Waals surface area contributed by atoms with Crippen LogP contribution in [0.5, 0.6) is 0 Å². The summed E-state index contributed by atoms with van der Waals surface area (Å²) >= 11 is 1.62. The number of fused-ring (bicyclic) bond motifs is 1. The summed E-state index contributed by atoms with van der Waals surface area (Å²) in [4.78, 5) is 30.7. The fourth-order valence-corrected chi connectivity index (χ4v) is 4.89. The molecule has 0 spiro atoms. The Hall–Kier alpha value is -2.73. The fraction of sp³-hybridized carbons (Fsp3) is 0.273. The first-order valence-electron chi connectivity index (χ1n) is 9.33. The van der Waals surface area contributed by atoms with Crippen LogP contribution in [0, 0.1) is 13.8 Å². The number of thioether (sulfide) groups is 1. The number of carbonyl (C=O) groups is 2. The van der Waals surface area contributed by atoms with Crippen molar-refractivity contribution < 1.29 is 9.59 Å². The molecule has 1 aromatic heterocycles. The van der Waals surface area contributed by atoms with Gasteiger partial charge in [0, 0.05) is 28.5 Å². The number of hydrogen-bond acceptors (Lipinski definition) is 3. The van der Waals surface area contributed by atoms with Crippen LogP contribution >= 0.6 is 11.8 Å². The molecule has 0 aliphatic carbocycles. The lowest BCUT2D eigenvalue weighted by atomic mass is 10.0. The highest BCUT2D eigenvalue weighted by Crippen LogP contribution is 2.26. The zero-order valence-electron chi connectivity index (χ0n) is 16.0. The lowest BCUT2D eigenvalue weighted by Gasteiger charge is -2.23. The highest BCUT2D eigenvalue weighted by molar-refractivity contribution is 7.99. The molecule has 28 heavy (non-hydrogen) atoms. The van der Waals surface area contributed by atoms with Gasteiger partial charge in [-0.1, -0.05) is 24.3 Å². The predicted octanol–water partition coefficient (Wildman–Crippen LogP) is 3.87. The summed E-state index contributed by atoms with van der Waals surface area (Å²) in [6.07, 6.45) is 2.19. The molecule has 5 nitrogen and oxygen atoms in total. The first-order valence-corrected chi connectivity index (χ1v) is 10.5. The number of hydrogen-bond donors (Lipinski definition) is 2. The molecule has 2 aromatic carbocycles. The number of amides is 2. The third-order valence-electron chi connectivity index (χ3n) is 5.13. The Kier molecular flexibility index (Phi) is 5.13. The Bertz CT molecular complexity index is 1040. The van der Waals surface area contributed by atoms with E-state index in [1.165, 1.54) is 0 Å². The van der Waals surface area contributed by atoms with Crippen molar-refractivity contribution in [3.63, 3.8) is 0 Å². The number of aryl methyl sites for hydroxylation is 2. The molecule has 1 unspecified atom stereocenters. The predicted molar refractivity (Wildman–Crippen MR) is 115 cm³/mol. The molecule has 0 bridgehead atoms. The van der Waals surface area contributed by atoms with Crippen LogP contribution in [0.4, 0.5) is 5.69 Å². The number of rotatable bonds is 4. The van der Waals surface area contributed by atoms with Crippen molar-refractivity contribution in [2.45, 2.75) is 26.3 Å². The molecule has 2 amide bonds. The molecule has 1 atom stereocenters. The summed E-state index contributed by atoms with van der Waals surface area (Å²) in [6.45, 7) is 4.04. The number of aromatic nitrogens is 1. The van der Waals surface area contributed by atoms with Gasteiger partial charge in [0.15, 0.2) is 0 Å². The molecule has 4 rings (SSSR count). The van der Waals surface area contributed by atoms with Crippen molar-refractivity contribution in [2.24, 2.45) is 0 Å². The van der Waals surface area contributed by atoms with Crippen LogP contribution in [-0.4, -0.2) is 39.4 Å². The molecule has 1 saturated heterocycles. The molecule has 1 aliphatic rings. The van der Waals surface area contributed by atoms with Gasteiger partial charge < -0.3 is 15.2 Å². The van der Waals surface area contributed by atoms with E-state index >= 15 is 0 Å². The summed E-state index contributed by atoms with van der Waals surface area (Å²) in [5.74, 6) is 1.03. The zero-order valence-corrected chi connectivity index (χ0v) is 16.8. The monoisotopic (exact) mass is 393 g/mol. The van der Waals surface area contributed by atoms with E-state index in [4.69, 9.17) is 0 Å². The van der Waals surface area contributed by atoms with Gasteiger partial charge in [0.1, 0.15) is 6.04 Å². The van der Waals surface area contributed by atoms with E-state index < -0.39 is 6.04 Å². The van der Waals surface area contributed by atoms with Gasteiger partial charge in [0.25, 0.3) is 0 Å². The van der Waals surface area contributed by atoms with Crippen molar-refractivity contribution in [1.82, 2.24) is 9.88 Å². The first-order chi connectivity index (χ1) is 13.5. The van der Waals surface area contributed by atoms with Gasteiger partial charge in [-0.3, -0.25) is 9.59 Å². The minimum absolute atomic E-state index is 0.0152. The molecular weight excluding hydrogens is 370 g/mol. The summed E-state index contributed by atoms with van der Waals surface area (Å²) in [5.41, 5.74) is 5.01. The number of carbonyl (C=O) groups excluding carboxylic acids is 2. The number of nitrogens with one attached hydrogen (secondary N) is 2. The molecule has 0 radical (unpaired) electrons. The van der Waals surface area contributed by atoms with Crippen LogP contribution in [0.2, 0.25) is 0 Å². The van der Waals surface area contributed by atoms with Gasteiger partial charge in [-0.15, -0.1) is 11.8 Å². The minimum atomic E-state index is -0.440. The average Bonchev–Trinajstić information content (AvgIpc) is 3.30. The quantitative estimate of drug-likeness (QED) is 0.707. The third-order valence-corrected chi connectivity index (χ3v) is 6.14. The van der Waals surface area contributed by atoms with Crippen LogP contribution in [0.15, 0.2) is 48.7 Å². The largest absolute Gasteiger partial charge is 0.361 e. The van der Waals surface area contributed by atoms with Crippen LogP contribution in [0.3, 0.4) is 0 Å². The number of aromatic amines is 1. The molecule has 1 aliphatic heterocycles. The maximum atomic E-state index is 13.0. The number of anilines is 1. The van der Waals surface area contributed by atoms with Gasteiger partial charge in [-0.2, -0.15) is 0 Å². The third kappa shape index (κ3) is 3.64. The molecule has 1 fully saturated rings. The summed E-state index contributed by atoms with van der Waals surface area (Å²) in [6, 6.07) is 13.3. The first kappa shape index (κ1) is 18.6. The Morgan fingerprint density at radius 3 is 2.86 bits per heavy atom. The van der Waals surface area contributed by atoms with E-state index in [9.17, 15) is 9.59 Å². The van der Waals surface area contributed by atoms with Gasteiger partial charge in [0.05, 0.1) is 12.3 Å². The topological polar surface area (TPSA) is 65.2 Å². The Labute approximate surface area is 168 Å². The van der Waals surface area contributed by atoms with E-state index in [0.717, 1.165) is 33.3 Å². The van der Waals surface area contributed by atoms with Crippen LogP contribution < -0.4 is 5.32 Å². The van der Waals surface area contributed by atoms with Gasteiger partial charge >= 0.3 is 0 Å². The minimum Gasteiger partial charge on any atom is -0.361 e. The van der Waals surface area contributed by atoms with Gasteiger partial charge in [-0.25, -0.2) is 0 Å². The summed E-state index contributed by atoms with van der Waals surface area (Å²) in [5, 5.41) is 4.06. The maximum absolute atomic E-state index is 13.0. The summed E-state index contributed by atoms with van der Waals surface area (Å²) < 4.78 is 0. The lowest BCUT2D eigenvalue weighted by Crippen LogP contribution is -2.45. The summed E-state index contributed by atoms with van der Waals surface area (Å²) in [7, 11) is 0. The highest BCUT2D eigenvalue weighted by atomic mass is 32.2. The van der Waals surface area contributed by atoms with Crippen molar-refractivity contribution in [2.75, 3.05) is 16.9 Å². The van der Waals surface area contributed by atoms with E-state index in [2.05, 4.69) is 10.3 Å². The molecule has 6 heteroatoms. The highest BCUT2D eigenvalue weighted by Gasteiger charge is 2.34. The van der Waals surface area contributed by atoms with E-state index in [0.29, 0.717) is 18.1 Å². The standard InChI is InChI=1S/C22H23N3O2S/c1-14-5-3-7-17(9-14)24-22(27)19-12-28-13-25(19)20(26)10-16-11-23-18-8-4-6-15(2)21(16)18/h3-9,11,19,23H,10,12-13H2,1-2H3,(H,24,27). The van der Waals surface area contributed by atoms with Crippen molar-refractivity contribution in [1.29, 1.82) is 0 Å².